The first-order valence-electron chi connectivity index (χ1n) is 9.35. The molecule has 2 aromatic carbocycles. The molecule has 1 heterocycles. The van der Waals surface area contributed by atoms with Crippen LogP contribution < -0.4 is 5.32 Å². The average molecular weight is 396 g/mol. The standard InChI is InChI=1S/C21H21FN4OS/c22-18-9-5-4-8-17(18)20-24-25-21(28-14-19(27)23-16-10-11-16)26(20)13-12-15-6-2-1-3-7-15/h1-9,16H,10-14H2,(H,23,27). The van der Waals surface area contributed by atoms with Gasteiger partial charge in [0.15, 0.2) is 11.0 Å². The van der Waals surface area contributed by atoms with Crippen molar-refractivity contribution >= 4 is 17.7 Å². The summed E-state index contributed by atoms with van der Waals surface area (Å²) in [6.45, 7) is 0.604. The van der Waals surface area contributed by atoms with Crippen molar-refractivity contribution in [1.29, 1.82) is 0 Å². The van der Waals surface area contributed by atoms with Crippen molar-refractivity contribution in [2.24, 2.45) is 0 Å². The molecule has 7 heteroatoms. The average Bonchev–Trinajstić information content (AvgIpc) is 3.43. The first-order valence-corrected chi connectivity index (χ1v) is 10.3. The lowest BCUT2D eigenvalue weighted by atomic mass is 10.1. The predicted molar refractivity (Wildman–Crippen MR) is 107 cm³/mol. The molecule has 1 fully saturated rings. The fourth-order valence-electron chi connectivity index (χ4n) is 2.95. The summed E-state index contributed by atoms with van der Waals surface area (Å²) >= 11 is 1.34. The first kappa shape index (κ1) is 18.7. The largest absolute Gasteiger partial charge is 0.353 e. The fourth-order valence-corrected chi connectivity index (χ4v) is 3.73. The van der Waals surface area contributed by atoms with Gasteiger partial charge in [-0.15, -0.1) is 10.2 Å². The third-order valence-corrected chi connectivity index (χ3v) is 5.54. The molecular weight excluding hydrogens is 375 g/mol. The first-order chi connectivity index (χ1) is 13.7. The van der Waals surface area contributed by atoms with Crippen molar-refractivity contribution in [3.63, 3.8) is 0 Å². The van der Waals surface area contributed by atoms with Crippen molar-refractivity contribution in [3.05, 3.63) is 66.0 Å². The minimum Gasteiger partial charge on any atom is -0.353 e. The molecule has 1 amide bonds. The molecule has 1 aromatic heterocycles. The number of aryl methyl sites for hydroxylation is 1. The Morgan fingerprint density at radius 2 is 1.86 bits per heavy atom. The zero-order chi connectivity index (χ0) is 19.3. The van der Waals surface area contributed by atoms with Crippen LogP contribution in [0.15, 0.2) is 59.8 Å². The van der Waals surface area contributed by atoms with Crippen LogP contribution in [0.2, 0.25) is 0 Å². The molecule has 1 N–H and O–H groups in total. The third-order valence-electron chi connectivity index (χ3n) is 4.57. The minimum absolute atomic E-state index is 0.00227. The second kappa shape index (κ2) is 8.56. The van der Waals surface area contributed by atoms with Crippen LogP contribution in [-0.4, -0.2) is 32.5 Å². The van der Waals surface area contributed by atoms with Crippen LogP contribution in [0.5, 0.6) is 0 Å². The van der Waals surface area contributed by atoms with E-state index in [1.54, 1.807) is 18.2 Å². The summed E-state index contributed by atoms with van der Waals surface area (Å²) in [7, 11) is 0. The lowest BCUT2D eigenvalue weighted by Gasteiger charge is -2.11. The van der Waals surface area contributed by atoms with E-state index in [0.29, 0.717) is 29.1 Å². The second-order valence-electron chi connectivity index (χ2n) is 6.80. The molecule has 4 rings (SSSR count). The second-order valence-corrected chi connectivity index (χ2v) is 7.75. The molecule has 0 spiro atoms. The van der Waals surface area contributed by atoms with E-state index in [2.05, 4.69) is 27.6 Å². The van der Waals surface area contributed by atoms with Gasteiger partial charge in [-0.05, 0) is 37.0 Å². The normalized spacial score (nSPS) is 13.5. The Balaban J connectivity index is 1.56. The Morgan fingerprint density at radius 1 is 1.11 bits per heavy atom. The highest BCUT2D eigenvalue weighted by atomic mass is 32.2. The maximum Gasteiger partial charge on any atom is 0.230 e. The van der Waals surface area contributed by atoms with Crippen LogP contribution in [0, 0.1) is 5.82 Å². The van der Waals surface area contributed by atoms with Gasteiger partial charge in [0.25, 0.3) is 0 Å². The van der Waals surface area contributed by atoms with Gasteiger partial charge >= 0.3 is 0 Å². The number of nitrogens with one attached hydrogen (secondary N) is 1. The number of carbonyl (C=O) groups is 1. The minimum atomic E-state index is -0.334. The van der Waals surface area contributed by atoms with Gasteiger partial charge in [0, 0.05) is 12.6 Å². The summed E-state index contributed by atoms with van der Waals surface area (Å²) in [4.78, 5) is 12.0. The number of halogens is 1. The topological polar surface area (TPSA) is 59.8 Å². The monoisotopic (exact) mass is 396 g/mol. The molecule has 144 valence electrons. The number of aromatic nitrogens is 3. The van der Waals surface area contributed by atoms with Gasteiger partial charge in [0.2, 0.25) is 5.91 Å². The van der Waals surface area contributed by atoms with E-state index in [9.17, 15) is 9.18 Å². The van der Waals surface area contributed by atoms with E-state index in [0.717, 1.165) is 19.3 Å². The van der Waals surface area contributed by atoms with Crippen LogP contribution in [0.3, 0.4) is 0 Å². The zero-order valence-corrected chi connectivity index (χ0v) is 16.2. The van der Waals surface area contributed by atoms with Crippen LogP contribution in [0.25, 0.3) is 11.4 Å². The maximum absolute atomic E-state index is 14.3. The van der Waals surface area contributed by atoms with E-state index >= 15 is 0 Å². The lowest BCUT2D eigenvalue weighted by molar-refractivity contribution is -0.118. The highest BCUT2D eigenvalue weighted by Crippen LogP contribution is 2.26. The summed E-state index contributed by atoms with van der Waals surface area (Å²) in [6.07, 6.45) is 2.88. The van der Waals surface area contributed by atoms with Gasteiger partial charge in [-0.3, -0.25) is 4.79 Å². The Bertz CT molecular complexity index is 956. The van der Waals surface area contributed by atoms with Crippen molar-refractivity contribution in [2.75, 3.05) is 5.75 Å². The Morgan fingerprint density at radius 3 is 2.61 bits per heavy atom. The number of hydrogen-bond acceptors (Lipinski definition) is 4. The van der Waals surface area contributed by atoms with Crippen LogP contribution >= 0.6 is 11.8 Å². The molecular formula is C21H21FN4OS. The number of benzene rings is 2. The zero-order valence-electron chi connectivity index (χ0n) is 15.3. The summed E-state index contributed by atoms with van der Waals surface area (Å²) < 4.78 is 16.2. The summed E-state index contributed by atoms with van der Waals surface area (Å²) in [5.41, 5.74) is 1.59. The maximum atomic E-state index is 14.3. The number of carbonyl (C=O) groups excluding carboxylic acids is 1. The predicted octanol–water partition coefficient (Wildman–Crippen LogP) is 3.70. The molecule has 0 bridgehead atoms. The van der Waals surface area contributed by atoms with Crippen molar-refractivity contribution in [2.45, 2.75) is 37.0 Å². The van der Waals surface area contributed by atoms with Crippen LogP contribution in [0.4, 0.5) is 4.39 Å². The molecule has 3 aromatic rings. The molecule has 5 nitrogen and oxygen atoms in total. The molecule has 1 saturated carbocycles. The smallest absolute Gasteiger partial charge is 0.230 e. The van der Waals surface area contributed by atoms with E-state index in [-0.39, 0.29) is 17.5 Å². The van der Waals surface area contributed by atoms with Crippen LogP contribution in [0.1, 0.15) is 18.4 Å². The fraction of sp³-hybridized carbons (Fsp3) is 0.286. The number of hydrogen-bond donors (Lipinski definition) is 1. The Hall–Kier alpha value is -2.67. The number of nitrogens with zero attached hydrogens (tertiary/aromatic N) is 3. The van der Waals surface area contributed by atoms with Crippen molar-refractivity contribution in [3.8, 4) is 11.4 Å². The summed E-state index contributed by atoms with van der Waals surface area (Å²) in [5, 5.41) is 12.1. The summed E-state index contributed by atoms with van der Waals surface area (Å²) in [5.74, 6) is 0.424. The Kier molecular flexibility index (Phi) is 5.71. The molecule has 0 saturated heterocycles. The SMILES string of the molecule is O=C(CSc1nnc(-c2ccccc2F)n1CCc1ccccc1)NC1CC1. The highest BCUT2D eigenvalue weighted by Gasteiger charge is 2.24. The molecule has 0 radical (unpaired) electrons. The van der Waals surface area contributed by atoms with Gasteiger partial charge in [0.05, 0.1) is 11.3 Å². The Labute approximate surface area is 167 Å². The van der Waals surface area contributed by atoms with E-state index in [1.165, 1.54) is 23.4 Å². The van der Waals surface area contributed by atoms with E-state index in [4.69, 9.17) is 0 Å². The van der Waals surface area contributed by atoms with Gasteiger partial charge in [-0.1, -0.05) is 54.2 Å². The number of amides is 1. The van der Waals surface area contributed by atoms with Gasteiger partial charge in [-0.2, -0.15) is 0 Å². The van der Waals surface area contributed by atoms with Gasteiger partial charge in [0.1, 0.15) is 5.82 Å². The van der Waals surface area contributed by atoms with Gasteiger partial charge in [-0.25, -0.2) is 4.39 Å². The van der Waals surface area contributed by atoms with Crippen LogP contribution in [-0.2, 0) is 17.8 Å². The number of rotatable bonds is 8. The molecule has 0 aliphatic heterocycles. The van der Waals surface area contributed by atoms with Crippen molar-refractivity contribution in [1.82, 2.24) is 20.1 Å². The highest BCUT2D eigenvalue weighted by molar-refractivity contribution is 7.99. The third kappa shape index (κ3) is 4.59. The molecule has 28 heavy (non-hydrogen) atoms. The molecule has 1 aliphatic carbocycles. The van der Waals surface area contributed by atoms with Gasteiger partial charge < -0.3 is 9.88 Å². The van der Waals surface area contributed by atoms with E-state index in [1.807, 2.05) is 22.8 Å². The van der Waals surface area contributed by atoms with E-state index < -0.39 is 0 Å². The molecule has 0 atom stereocenters. The number of thioether (sulfide) groups is 1. The quantitative estimate of drug-likeness (QED) is 0.590. The van der Waals surface area contributed by atoms with Crippen molar-refractivity contribution < 1.29 is 9.18 Å². The lowest BCUT2D eigenvalue weighted by Crippen LogP contribution is -2.27. The molecule has 0 unspecified atom stereocenters. The summed E-state index contributed by atoms with van der Waals surface area (Å²) in [6, 6.07) is 17.0. The molecule has 1 aliphatic rings.